The molecule has 1 N–H and O–H groups in total. The second kappa shape index (κ2) is 4.76. The Kier molecular flexibility index (Phi) is 3.19. The number of anilines is 1. The van der Waals surface area contributed by atoms with E-state index in [1.165, 1.54) is 6.07 Å². The van der Waals surface area contributed by atoms with E-state index in [0.717, 1.165) is 11.3 Å². The molecule has 0 spiro atoms. The van der Waals surface area contributed by atoms with Crippen molar-refractivity contribution in [3.63, 3.8) is 0 Å². The van der Waals surface area contributed by atoms with Crippen molar-refractivity contribution in [2.75, 3.05) is 4.72 Å². The lowest BCUT2D eigenvalue weighted by atomic mass is 10.3. The number of nitrogens with zero attached hydrogens (tertiary/aromatic N) is 1. The fourth-order valence-corrected chi connectivity index (χ4v) is 4.28. The molecule has 0 aliphatic carbocycles. The predicted octanol–water partition coefficient (Wildman–Crippen LogP) is 3.65. The van der Waals surface area contributed by atoms with Crippen LogP contribution in [0.1, 0.15) is 5.89 Å². The highest BCUT2D eigenvalue weighted by molar-refractivity contribution is 7.94. The minimum absolute atomic E-state index is 0.163. The number of fused-ring (bicyclic) bond motifs is 1. The van der Waals surface area contributed by atoms with Crippen LogP contribution < -0.4 is 4.72 Å². The maximum absolute atomic E-state index is 12.2. The highest BCUT2D eigenvalue weighted by Crippen LogP contribution is 2.28. The van der Waals surface area contributed by atoms with Crippen LogP contribution in [0.15, 0.2) is 39.0 Å². The zero-order valence-electron chi connectivity index (χ0n) is 10.3. The Balaban J connectivity index is 1.96. The van der Waals surface area contributed by atoms with Crippen molar-refractivity contribution in [2.24, 2.45) is 0 Å². The molecule has 0 saturated carbocycles. The molecule has 0 unspecified atom stereocenters. The number of halogens is 1. The summed E-state index contributed by atoms with van der Waals surface area (Å²) in [7, 11) is -3.63. The number of aromatic nitrogens is 1. The molecule has 2 heterocycles. The Morgan fingerprint density at radius 1 is 1.30 bits per heavy atom. The van der Waals surface area contributed by atoms with Crippen molar-refractivity contribution in [1.29, 1.82) is 0 Å². The number of hydrogen-bond acceptors (Lipinski definition) is 5. The quantitative estimate of drug-likeness (QED) is 0.796. The smallest absolute Gasteiger partial charge is 0.271 e. The third-order valence-electron chi connectivity index (χ3n) is 2.56. The molecule has 104 valence electrons. The van der Waals surface area contributed by atoms with E-state index >= 15 is 0 Å². The molecular weight excluding hydrogens is 320 g/mol. The summed E-state index contributed by atoms with van der Waals surface area (Å²) in [4.78, 5) is 4.15. The molecular formula is C12H9ClN2O3S2. The van der Waals surface area contributed by atoms with Crippen LogP contribution in [-0.2, 0) is 10.0 Å². The summed E-state index contributed by atoms with van der Waals surface area (Å²) in [6.45, 7) is 1.73. The van der Waals surface area contributed by atoms with E-state index < -0.39 is 10.0 Å². The molecule has 2 aromatic heterocycles. The van der Waals surface area contributed by atoms with E-state index in [9.17, 15) is 8.42 Å². The van der Waals surface area contributed by atoms with Gasteiger partial charge in [-0.1, -0.05) is 11.6 Å². The van der Waals surface area contributed by atoms with Gasteiger partial charge in [-0.2, -0.15) is 0 Å². The van der Waals surface area contributed by atoms with Gasteiger partial charge in [0.05, 0.1) is 10.0 Å². The first-order chi connectivity index (χ1) is 9.44. The number of benzene rings is 1. The fraction of sp³-hybridized carbons (Fsp3) is 0.0833. The Hall–Kier alpha value is -1.57. The number of oxazole rings is 1. The third kappa shape index (κ3) is 2.52. The van der Waals surface area contributed by atoms with Crippen molar-refractivity contribution >= 4 is 49.7 Å². The van der Waals surface area contributed by atoms with Crippen molar-refractivity contribution in [1.82, 2.24) is 4.98 Å². The van der Waals surface area contributed by atoms with E-state index in [4.69, 9.17) is 16.0 Å². The number of sulfonamides is 1. The molecule has 0 aliphatic heterocycles. The van der Waals surface area contributed by atoms with Gasteiger partial charge < -0.3 is 4.42 Å². The number of thiophene rings is 1. The lowest BCUT2D eigenvalue weighted by Gasteiger charge is -2.05. The van der Waals surface area contributed by atoms with Crippen LogP contribution in [0, 0.1) is 6.92 Å². The first-order valence-electron chi connectivity index (χ1n) is 5.59. The maximum atomic E-state index is 12.2. The molecule has 0 atom stereocenters. The monoisotopic (exact) mass is 328 g/mol. The largest absolute Gasteiger partial charge is 0.441 e. The summed E-state index contributed by atoms with van der Waals surface area (Å²) in [5, 5.41) is 0. The molecule has 20 heavy (non-hydrogen) atoms. The standard InChI is InChI=1S/C12H9ClN2O3S2/c1-7-14-9-3-2-8(6-10(9)18-7)15-20(16,17)12-5-4-11(13)19-12/h2-6,15H,1H3. The predicted molar refractivity (Wildman–Crippen MR) is 78.9 cm³/mol. The van der Waals surface area contributed by atoms with Crippen molar-refractivity contribution in [3.05, 3.63) is 40.6 Å². The van der Waals surface area contributed by atoms with Gasteiger partial charge in [0, 0.05) is 13.0 Å². The second-order valence-electron chi connectivity index (χ2n) is 4.08. The lowest BCUT2D eigenvalue weighted by molar-refractivity contribution is 0.561. The van der Waals surface area contributed by atoms with Crippen molar-refractivity contribution in [3.8, 4) is 0 Å². The SMILES string of the molecule is Cc1nc2ccc(NS(=O)(=O)c3ccc(Cl)s3)cc2o1. The summed E-state index contributed by atoms with van der Waals surface area (Å²) in [5.74, 6) is 0.532. The summed E-state index contributed by atoms with van der Waals surface area (Å²) in [6.07, 6.45) is 0. The van der Waals surface area contributed by atoms with Gasteiger partial charge in [-0.3, -0.25) is 4.72 Å². The maximum Gasteiger partial charge on any atom is 0.271 e. The Labute approximate surface area is 124 Å². The first kappa shape index (κ1) is 13.4. The molecule has 3 aromatic rings. The first-order valence-corrected chi connectivity index (χ1v) is 8.27. The van der Waals surface area contributed by atoms with Crippen LogP contribution in [0.3, 0.4) is 0 Å². The van der Waals surface area contributed by atoms with Gasteiger partial charge in [0.25, 0.3) is 10.0 Å². The average Bonchev–Trinajstić information content (AvgIpc) is 2.93. The summed E-state index contributed by atoms with van der Waals surface area (Å²) < 4.78 is 32.7. The molecule has 0 fully saturated rings. The topological polar surface area (TPSA) is 72.2 Å². The molecule has 0 radical (unpaired) electrons. The molecule has 1 aromatic carbocycles. The molecule has 5 nitrogen and oxygen atoms in total. The Bertz CT molecular complexity index is 883. The van der Waals surface area contributed by atoms with E-state index in [2.05, 4.69) is 9.71 Å². The van der Waals surface area contributed by atoms with Gasteiger partial charge in [0.15, 0.2) is 11.5 Å². The number of hydrogen-bond donors (Lipinski definition) is 1. The number of aryl methyl sites for hydroxylation is 1. The van der Waals surface area contributed by atoms with E-state index in [1.807, 2.05) is 0 Å². The molecule has 0 aliphatic rings. The minimum Gasteiger partial charge on any atom is -0.441 e. The minimum atomic E-state index is -3.63. The zero-order valence-corrected chi connectivity index (χ0v) is 12.6. The third-order valence-corrected chi connectivity index (χ3v) is 5.67. The van der Waals surface area contributed by atoms with Crippen LogP contribution in [0.2, 0.25) is 4.34 Å². The Morgan fingerprint density at radius 3 is 2.80 bits per heavy atom. The molecule has 8 heteroatoms. The van der Waals surface area contributed by atoms with Crippen LogP contribution in [0.5, 0.6) is 0 Å². The zero-order chi connectivity index (χ0) is 14.3. The van der Waals surface area contributed by atoms with Crippen LogP contribution in [0.25, 0.3) is 11.1 Å². The summed E-state index contributed by atoms with van der Waals surface area (Å²) in [5.41, 5.74) is 1.63. The van der Waals surface area contributed by atoms with Crippen LogP contribution in [0.4, 0.5) is 5.69 Å². The van der Waals surface area contributed by atoms with Gasteiger partial charge >= 0.3 is 0 Å². The van der Waals surface area contributed by atoms with E-state index in [-0.39, 0.29) is 4.21 Å². The van der Waals surface area contributed by atoms with Gasteiger partial charge in [0.1, 0.15) is 9.73 Å². The normalized spacial score (nSPS) is 11.9. The molecule has 0 bridgehead atoms. The highest BCUT2D eigenvalue weighted by atomic mass is 35.5. The van der Waals surface area contributed by atoms with Gasteiger partial charge in [-0.05, 0) is 24.3 Å². The van der Waals surface area contributed by atoms with Gasteiger partial charge in [-0.25, -0.2) is 13.4 Å². The van der Waals surface area contributed by atoms with Crippen molar-refractivity contribution < 1.29 is 12.8 Å². The number of nitrogens with one attached hydrogen (secondary N) is 1. The fourth-order valence-electron chi connectivity index (χ4n) is 1.75. The summed E-state index contributed by atoms with van der Waals surface area (Å²) >= 11 is 6.75. The average molecular weight is 329 g/mol. The van der Waals surface area contributed by atoms with Gasteiger partial charge in [0.2, 0.25) is 0 Å². The molecule has 0 saturated heterocycles. The van der Waals surface area contributed by atoms with Crippen LogP contribution in [-0.4, -0.2) is 13.4 Å². The molecule has 3 rings (SSSR count). The highest BCUT2D eigenvalue weighted by Gasteiger charge is 2.17. The van der Waals surface area contributed by atoms with Crippen molar-refractivity contribution in [2.45, 2.75) is 11.1 Å². The second-order valence-corrected chi connectivity index (χ2v) is 7.70. The Morgan fingerprint density at radius 2 is 2.10 bits per heavy atom. The molecule has 0 amide bonds. The van der Waals surface area contributed by atoms with E-state index in [0.29, 0.717) is 27.0 Å². The van der Waals surface area contributed by atoms with E-state index in [1.54, 1.807) is 31.2 Å². The summed E-state index contributed by atoms with van der Waals surface area (Å²) in [6, 6.07) is 7.94. The van der Waals surface area contributed by atoms with Crippen LogP contribution >= 0.6 is 22.9 Å². The number of rotatable bonds is 3. The van der Waals surface area contributed by atoms with Gasteiger partial charge in [-0.15, -0.1) is 11.3 Å². The lowest BCUT2D eigenvalue weighted by Crippen LogP contribution is -2.11.